The third-order valence-corrected chi connectivity index (χ3v) is 9.24. The number of ether oxygens (including phenoxy) is 1. The summed E-state index contributed by atoms with van der Waals surface area (Å²) in [4.78, 5) is 33.8. The number of anilines is 1. The maximum Gasteiger partial charge on any atom is 0.333 e. The highest BCUT2D eigenvalue weighted by Gasteiger charge is 2.29. The van der Waals surface area contributed by atoms with E-state index in [0.717, 1.165) is 16.7 Å². The van der Waals surface area contributed by atoms with Crippen molar-refractivity contribution < 1.29 is 32.7 Å². The Kier molecular flexibility index (Phi) is 17.0. The van der Waals surface area contributed by atoms with Crippen molar-refractivity contribution in [2.24, 2.45) is 11.6 Å². The van der Waals surface area contributed by atoms with Gasteiger partial charge >= 0.3 is 8.60 Å². The molecular formula is C35H56N6O7P2. The second kappa shape index (κ2) is 20.4. The molecule has 1 heterocycles. The summed E-state index contributed by atoms with van der Waals surface area (Å²) < 4.78 is 23.0. The van der Waals surface area contributed by atoms with E-state index in [1.54, 1.807) is 9.91 Å². The molecule has 0 aliphatic carbocycles. The number of nitrogens with one attached hydrogen (secondary N) is 2. The van der Waals surface area contributed by atoms with Crippen molar-refractivity contribution in [2.75, 3.05) is 37.8 Å². The third kappa shape index (κ3) is 13.1. The summed E-state index contributed by atoms with van der Waals surface area (Å²) in [5, 5.41) is 4.45. The monoisotopic (exact) mass is 734 g/mol. The number of nitrogens with zero attached hydrogens (tertiary/aromatic N) is 2. The van der Waals surface area contributed by atoms with E-state index in [9.17, 15) is 9.59 Å². The number of para-hydroxylation sites is 1. The first-order chi connectivity index (χ1) is 23.7. The van der Waals surface area contributed by atoms with E-state index in [0.29, 0.717) is 43.3 Å². The van der Waals surface area contributed by atoms with Crippen molar-refractivity contribution in [3.05, 3.63) is 65.2 Å². The summed E-state index contributed by atoms with van der Waals surface area (Å²) in [5.74, 6) is 5.98. The van der Waals surface area contributed by atoms with Crippen LogP contribution in [0.15, 0.2) is 48.5 Å². The molecule has 6 N–H and O–H groups in total. The Morgan fingerprint density at radius 2 is 1.60 bits per heavy atom. The number of rotatable bonds is 20. The number of benzene rings is 2. The van der Waals surface area contributed by atoms with Gasteiger partial charge in [-0.3, -0.25) is 14.4 Å². The van der Waals surface area contributed by atoms with Gasteiger partial charge in [-0.2, -0.15) is 0 Å². The molecule has 1 aliphatic heterocycles. The molecular weight excluding hydrogens is 678 g/mol. The van der Waals surface area contributed by atoms with Crippen LogP contribution in [0.4, 0.5) is 5.69 Å². The van der Waals surface area contributed by atoms with Gasteiger partial charge in [0.25, 0.3) is 0 Å². The second-order valence-electron chi connectivity index (χ2n) is 13.1. The minimum absolute atomic E-state index is 0.000109. The molecule has 0 aromatic heterocycles. The number of nitrogens with two attached hydrogens (primary N) is 2. The fourth-order valence-corrected chi connectivity index (χ4v) is 6.20. The zero-order valence-corrected chi connectivity index (χ0v) is 32.5. The molecule has 0 spiro atoms. The molecule has 2 amide bonds. The van der Waals surface area contributed by atoms with Gasteiger partial charge in [-0.15, -0.1) is 9.24 Å². The molecule has 0 saturated carbocycles. The van der Waals surface area contributed by atoms with Gasteiger partial charge in [0, 0.05) is 37.1 Å². The maximum absolute atomic E-state index is 13.8. The molecule has 0 fully saturated rings. The molecule has 2 aromatic carbocycles. The standard InChI is InChI=1S/C35H56N6O7P2/c1-24(2)47-50(48-25(3)4)46-21-19-39-45-23-35(6,7)44-20-18-38-31(42)16-17-32(43)40-22-27-12-8-9-13-28(27)33(36)34(41(37)26(5)49)29-14-10-11-15-30(29)40/h8-15,24-26,39H,16-23,36-37,49H2,1-7H3,(H,38,42)/b34-33-. The van der Waals surface area contributed by atoms with Crippen LogP contribution in [0, 0.1) is 0 Å². The summed E-state index contributed by atoms with van der Waals surface area (Å²) >= 11 is 0. The Balaban J connectivity index is 1.47. The van der Waals surface area contributed by atoms with Gasteiger partial charge in [0.2, 0.25) is 11.8 Å². The van der Waals surface area contributed by atoms with Crippen molar-refractivity contribution in [2.45, 2.75) is 91.4 Å². The summed E-state index contributed by atoms with van der Waals surface area (Å²) in [6.45, 7) is 15.4. The van der Waals surface area contributed by atoms with Gasteiger partial charge in [-0.1, -0.05) is 42.5 Å². The van der Waals surface area contributed by atoms with E-state index < -0.39 is 14.2 Å². The Hall–Kier alpha value is -2.70. The van der Waals surface area contributed by atoms with Gasteiger partial charge in [0.1, 0.15) is 0 Å². The maximum atomic E-state index is 13.8. The average Bonchev–Trinajstić information content (AvgIpc) is 3.05. The van der Waals surface area contributed by atoms with Crippen LogP contribution in [0.5, 0.6) is 0 Å². The molecule has 15 heteroatoms. The van der Waals surface area contributed by atoms with Crippen LogP contribution in [0.3, 0.4) is 0 Å². The van der Waals surface area contributed by atoms with E-state index in [2.05, 4.69) is 20.0 Å². The topological polar surface area (TPSA) is 163 Å². The summed E-state index contributed by atoms with van der Waals surface area (Å²) in [6.07, 6.45) is 0.0505. The van der Waals surface area contributed by atoms with Crippen molar-refractivity contribution in [1.29, 1.82) is 0 Å². The number of carbonyl (C=O) groups is 2. The molecule has 13 nitrogen and oxygen atoms in total. The molecule has 3 rings (SSSR count). The largest absolute Gasteiger partial charge is 0.396 e. The molecule has 0 saturated heterocycles. The van der Waals surface area contributed by atoms with E-state index in [1.165, 1.54) is 0 Å². The number of carbonyl (C=O) groups excluding carboxylic acids is 2. The lowest BCUT2D eigenvalue weighted by Gasteiger charge is -2.34. The summed E-state index contributed by atoms with van der Waals surface area (Å²) in [6, 6.07) is 15.3. The van der Waals surface area contributed by atoms with E-state index in [-0.39, 0.29) is 55.9 Å². The van der Waals surface area contributed by atoms with Crippen molar-refractivity contribution in [3.63, 3.8) is 0 Å². The van der Waals surface area contributed by atoms with E-state index >= 15 is 0 Å². The first kappa shape index (κ1) is 41.7. The second-order valence-corrected chi connectivity index (χ2v) is 15.2. The minimum atomic E-state index is -1.43. The molecule has 278 valence electrons. The Bertz CT molecular complexity index is 1420. The third-order valence-electron chi connectivity index (χ3n) is 7.34. The smallest absolute Gasteiger partial charge is 0.333 e. The fraction of sp³-hybridized carbons (Fsp3) is 0.543. The highest BCUT2D eigenvalue weighted by Crippen LogP contribution is 2.42. The van der Waals surface area contributed by atoms with E-state index in [1.807, 2.05) is 97.0 Å². The highest BCUT2D eigenvalue weighted by atomic mass is 31.2. The van der Waals surface area contributed by atoms with Gasteiger partial charge in [0.15, 0.2) is 0 Å². The quantitative estimate of drug-likeness (QED) is 0.0626. The molecule has 2 aromatic rings. The highest BCUT2D eigenvalue weighted by molar-refractivity contribution is 7.41. The van der Waals surface area contributed by atoms with Crippen molar-refractivity contribution in [3.8, 4) is 0 Å². The van der Waals surface area contributed by atoms with Crippen molar-refractivity contribution in [1.82, 2.24) is 15.8 Å². The number of hydroxylamine groups is 1. The zero-order chi connectivity index (χ0) is 36.8. The number of amides is 2. The molecule has 2 unspecified atom stereocenters. The van der Waals surface area contributed by atoms with Crippen LogP contribution in [0.2, 0.25) is 0 Å². The first-order valence-electron chi connectivity index (χ1n) is 17.0. The zero-order valence-electron chi connectivity index (χ0n) is 30.4. The van der Waals surface area contributed by atoms with E-state index in [4.69, 9.17) is 34.7 Å². The normalized spacial score (nSPS) is 15.5. The van der Waals surface area contributed by atoms with Gasteiger partial charge in [0.05, 0.1) is 67.0 Å². The predicted octanol–water partition coefficient (Wildman–Crippen LogP) is 5.02. The van der Waals surface area contributed by atoms with Crippen LogP contribution < -0.4 is 27.3 Å². The van der Waals surface area contributed by atoms with Gasteiger partial charge in [-0.05, 0) is 60.1 Å². The Morgan fingerprint density at radius 1 is 0.960 bits per heavy atom. The minimum Gasteiger partial charge on any atom is -0.396 e. The lowest BCUT2D eigenvalue weighted by molar-refractivity contribution is -0.126. The molecule has 50 heavy (non-hydrogen) atoms. The van der Waals surface area contributed by atoms with Crippen LogP contribution >= 0.6 is 17.8 Å². The molecule has 0 bridgehead atoms. The Labute approximate surface area is 300 Å². The Morgan fingerprint density at radius 3 is 2.26 bits per heavy atom. The average molecular weight is 735 g/mol. The summed E-state index contributed by atoms with van der Waals surface area (Å²) in [5.41, 5.74) is 13.3. The van der Waals surface area contributed by atoms with Gasteiger partial charge in [-0.25, -0.2) is 11.3 Å². The number of hydrogen-bond donors (Lipinski definition) is 4. The molecule has 2 atom stereocenters. The van der Waals surface area contributed by atoms with Crippen molar-refractivity contribution >= 4 is 46.7 Å². The number of hydrogen-bond acceptors (Lipinski definition) is 11. The molecule has 1 aliphatic rings. The number of hydrazine groups is 1. The fourth-order valence-electron chi connectivity index (χ4n) is 4.95. The van der Waals surface area contributed by atoms with Crippen LogP contribution in [-0.4, -0.2) is 73.3 Å². The van der Waals surface area contributed by atoms with Crippen LogP contribution in [0.1, 0.15) is 78.0 Å². The summed E-state index contributed by atoms with van der Waals surface area (Å²) in [7, 11) is 1.25. The predicted molar refractivity (Wildman–Crippen MR) is 202 cm³/mol. The lowest BCUT2D eigenvalue weighted by atomic mass is 9.95. The number of fused-ring (bicyclic) bond motifs is 2. The van der Waals surface area contributed by atoms with Crippen LogP contribution in [-0.2, 0) is 39.3 Å². The molecule has 0 radical (unpaired) electrons. The van der Waals surface area contributed by atoms with Crippen LogP contribution in [0.25, 0.3) is 11.4 Å². The van der Waals surface area contributed by atoms with Gasteiger partial charge < -0.3 is 39.3 Å². The SMILES string of the molecule is CC(C)OP(OCCNOCC(C)(C)OCCNC(=O)CCC(=O)N1Cc2ccccc2/C(N)=C(/N(N)C(C)P)c2ccccc21)OC(C)C. The first-order valence-corrected chi connectivity index (χ1v) is 18.8. The lowest BCUT2D eigenvalue weighted by Crippen LogP contribution is -2.39.